The first-order valence-corrected chi connectivity index (χ1v) is 8.71. The maximum absolute atomic E-state index is 13.1. The lowest BCUT2D eigenvalue weighted by Crippen LogP contribution is -2.35. The predicted molar refractivity (Wildman–Crippen MR) is 94.4 cm³/mol. The highest BCUT2D eigenvalue weighted by atomic mass is 32.2. The van der Waals surface area contributed by atoms with E-state index in [4.69, 9.17) is 0 Å². The topological polar surface area (TPSA) is 49.4 Å². The van der Waals surface area contributed by atoms with Crippen molar-refractivity contribution in [3.63, 3.8) is 0 Å². The lowest BCUT2D eigenvalue weighted by atomic mass is 10.3. The largest absolute Gasteiger partial charge is 0.336 e. The molecule has 2 aromatic rings. The van der Waals surface area contributed by atoms with Crippen molar-refractivity contribution >= 4 is 29.3 Å². The Hall–Kier alpha value is -2.48. The summed E-state index contributed by atoms with van der Waals surface area (Å²) in [6, 6.07) is 8.84. The number of carbonyl (C=O) groups is 2. The van der Waals surface area contributed by atoms with E-state index in [9.17, 15) is 22.8 Å². The van der Waals surface area contributed by atoms with Gasteiger partial charge in [-0.05, 0) is 42.5 Å². The number of anilines is 1. The second-order valence-electron chi connectivity index (χ2n) is 5.48. The van der Waals surface area contributed by atoms with E-state index in [2.05, 4.69) is 5.32 Å². The van der Waals surface area contributed by atoms with Crippen LogP contribution in [0.4, 0.5) is 18.9 Å². The summed E-state index contributed by atoms with van der Waals surface area (Å²) >= 11 is 1.22. The Morgan fingerprint density at radius 1 is 1.04 bits per heavy atom. The van der Waals surface area contributed by atoms with Crippen LogP contribution in [0.25, 0.3) is 0 Å². The van der Waals surface area contributed by atoms with Gasteiger partial charge in [-0.25, -0.2) is 13.2 Å². The van der Waals surface area contributed by atoms with Crippen molar-refractivity contribution in [3.05, 3.63) is 59.9 Å². The summed E-state index contributed by atoms with van der Waals surface area (Å²) in [5.74, 6) is -2.55. The van der Waals surface area contributed by atoms with Gasteiger partial charge in [0.2, 0.25) is 11.8 Å². The second-order valence-corrected chi connectivity index (χ2v) is 6.65. The molecule has 26 heavy (non-hydrogen) atoms. The van der Waals surface area contributed by atoms with Crippen LogP contribution in [0.5, 0.6) is 0 Å². The van der Waals surface area contributed by atoms with Gasteiger partial charge in [0.05, 0.1) is 6.54 Å². The number of benzene rings is 2. The fourth-order valence-electron chi connectivity index (χ4n) is 2.05. The van der Waals surface area contributed by atoms with Gasteiger partial charge in [0.15, 0.2) is 11.6 Å². The molecule has 0 heterocycles. The molecule has 2 rings (SSSR count). The van der Waals surface area contributed by atoms with Gasteiger partial charge in [-0.2, -0.15) is 0 Å². The standard InChI is InChI=1S/C18H17F3N2O2S/c1-23(11-17(24)22-13-4-2-12(19)3-5-13)18(25)8-9-26-14-6-7-15(20)16(21)10-14/h2-7,10H,8-9,11H2,1H3,(H,22,24). The number of nitrogens with zero attached hydrogens (tertiary/aromatic N) is 1. The van der Waals surface area contributed by atoms with Gasteiger partial charge in [-0.15, -0.1) is 11.8 Å². The summed E-state index contributed by atoms with van der Waals surface area (Å²) in [6.45, 7) is -0.147. The molecule has 0 aliphatic carbocycles. The zero-order valence-corrected chi connectivity index (χ0v) is 14.8. The maximum Gasteiger partial charge on any atom is 0.243 e. The third kappa shape index (κ3) is 6.11. The molecule has 0 radical (unpaired) electrons. The van der Waals surface area contributed by atoms with Crippen molar-refractivity contribution in [2.75, 3.05) is 24.7 Å². The molecule has 0 saturated carbocycles. The number of amides is 2. The first-order chi connectivity index (χ1) is 12.3. The number of thioether (sulfide) groups is 1. The normalized spacial score (nSPS) is 10.5. The Labute approximate surface area is 153 Å². The van der Waals surface area contributed by atoms with E-state index in [1.54, 1.807) is 0 Å². The average Bonchev–Trinajstić information content (AvgIpc) is 2.60. The fraction of sp³-hybridized carbons (Fsp3) is 0.222. The van der Waals surface area contributed by atoms with E-state index in [1.165, 1.54) is 54.0 Å². The molecule has 8 heteroatoms. The number of hydrogen-bond donors (Lipinski definition) is 1. The summed E-state index contributed by atoms with van der Waals surface area (Å²) in [5.41, 5.74) is 0.436. The van der Waals surface area contributed by atoms with E-state index < -0.39 is 23.4 Å². The molecule has 0 fully saturated rings. The zero-order chi connectivity index (χ0) is 19.1. The first kappa shape index (κ1) is 19.8. The van der Waals surface area contributed by atoms with Gasteiger partial charge in [0, 0.05) is 29.8 Å². The summed E-state index contributed by atoms with van der Waals surface area (Å²) in [7, 11) is 1.49. The Kier molecular flexibility index (Phi) is 7.08. The van der Waals surface area contributed by atoms with Gasteiger partial charge >= 0.3 is 0 Å². The molecule has 138 valence electrons. The Morgan fingerprint density at radius 3 is 2.38 bits per heavy atom. The molecule has 0 bridgehead atoms. The Morgan fingerprint density at radius 2 is 1.73 bits per heavy atom. The number of nitrogens with one attached hydrogen (secondary N) is 1. The molecule has 0 spiro atoms. The van der Waals surface area contributed by atoms with Crippen molar-refractivity contribution in [1.29, 1.82) is 0 Å². The van der Waals surface area contributed by atoms with E-state index >= 15 is 0 Å². The van der Waals surface area contributed by atoms with E-state index in [0.717, 1.165) is 12.1 Å². The summed E-state index contributed by atoms with van der Waals surface area (Å²) in [4.78, 5) is 25.7. The quantitative estimate of drug-likeness (QED) is 0.743. The number of halogens is 3. The summed E-state index contributed by atoms with van der Waals surface area (Å²) in [6.07, 6.45) is 0.143. The van der Waals surface area contributed by atoms with E-state index in [0.29, 0.717) is 16.3 Å². The van der Waals surface area contributed by atoms with Crippen LogP contribution < -0.4 is 5.32 Å². The second kappa shape index (κ2) is 9.28. The highest BCUT2D eigenvalue weighted by Crippen LogP contribution is 2.21. The SMILES string of the molecule is CN(CC(=O)Nc1ccc(F)cc1)C(=O)CCSc1ccc(F)c(F)c1. The molecule has 0 atom stereocenters. The van der Waals surface area contributed by atoms with Gasteiger partial charge in [-0.1, -0.05) is 0 Å². The summed E-state index contributed by atoms with van der Waals surface area (Å²) in [5, 5.41) is 2.57. The van der Waals surface area contributed by atoms with Crippen molar-refractivity contribution in [1.82, 2.24) is 4.90 Å². The van der Waals surface area contributed by atoms with Crippen LogP contribution in [0.3, 0.4) is 0 Å². The van der Waals surface area contributed by atoms with Gasteiger partial charge in [0.1, 0.15) is 5.82 Å². The van der Waals surface area contributed by atoms with E-state index in [-0.39, 0.29) is 18.9 Å². The number of likely N-dealkylation sites (N-methyl/N-ethyl adjacent to an activating group) is 1. The average molecular weight is 382 g/mol. The highest BCUT2D eigenvalue weighted by Gasteiger charge is 2.13. The van der Waals surface area contributed by atoms with Crippen molar-refractivity contribution in [2.24, 2.45) is 0 Å². The number of hydrogen-bond acceptors (Lipinski definition) is 3. The Balaban J connectivity index is 1.75. The minimum atomic E-state index is -0.934. The molecule has 0 saturated heterocycles. The van der Waals surface area contributed by atoms with Crippen molar-refractivity contribution < 1.29 is 22.8 Å². The molecule has 1 N–H and O–H groups in total. The third-order valence-electron chi connectivity index (χ3n) is 3.41. The van der Waals surface area contributed by atoms with E-state index in [1.807, 2.05) is 0 Å². The Bertz CT molecular complexity index is 785. The van der Waals surface area contributed by atoms with Crippen LogP contribution in [0, 0.1) is 17.5 Å². The molecule has 0 aliphatic rings. The predicted octanol–water partition coefficient (Wildman–Crippen LogP) is 3.68. The minimum absolute atomic E-state index is 0.143. The smallest absolute Gasteiger partial charge is 0.243 e. The van der Waals surface area contributed by atoms with Crippen LogP contribution >= 0.6 is 11.8 Å². The van der Waals surface area contributed by atoms with Crippen LogP contribution in [0.1, 0.15) is 6.42 Å². The number of rotatable bonds is 7. The highest BCUT2D eigenvalue weighted by molar-refractivity contribution is 7.99. The minimum Gasteiger partial charge on any atom is -0.336 e. The van der Waals surface area contributed by atoms with Crippen LogP contribution in [0.2, 0.25) is 0 Å². The van der Waals surface area contributed by atoms with Crippen molar-refractivity contribution in [2.45, 2.75) is 11.3 Å². The lowest BCUT2D eigenvalue weighted by molar-refractivity contribution is -0.132. The van der Waals surface area contributed by atoms with Crippen LogP contribution in [-0.2, 0) is 9.59 Å². The third-order valence-corrected chi connectivity index (χ3v) is 4.41. The van der Waals surface area contributed by atoms with Gasteiger partial charge in [-0.3, -0.25) is 9.59 Å². The molecule has 2 amide bonds. The van der Waals surface area contributed by atoms with Gasteiger partial charge < -0.3 is 10.2 Å². The van der Waals surface area contributed by atoms with Crippen LogP contribution in [0.15, 0.2) is 47.4 Å². The number of carbonyl (C=O) groups excluding carboxylic acids is 2. The molecular formula is C18H17F3N2O2S. The molecule has 0 unspecified atom stereocenters. The molecule has 0 aliphatic heterocycles. The van der Waals surface area contributed by atoms with Crippen LogP contribution in [-0.4, -0.2) is 36.1 Å². The first-order valence-electron chi connectivity index (χ1n) is 7.72. The maximum atomic E-state index is 13.1. The fourth-order valence-corrected chi connectivity index (χ4v) is 2.91. The monoisotopic (exact) mass is 382 g/mol. The molecule has 4 nitrogen and oxygen atoms in total. The van der Waals surface area contributed by atoms with Crippen molar-refractivity contribution in [3.8, 4) is 0 Å². The summed E-state index contributed by atoms with van der Waals surface area (Å²) < 4.78 is 38.8. The molecular weight excluding hydrogens is 365 g/mol. The molecule has 0 aromatic heterocycles. The zero-order valence-electron chi connectivity index (χ0n) is 14.0. The van der Waals surface area contributed by atoms with Gasteiger partial charge in [0.25, 0.3) is 0 Å². The molecule has 2 aromatic carbocycles. The lowest BCUT2D eigenvalue weighted by Gasteiger charge is -2.16.